The number of anilines is 3. The van der Waals surface area contributed by atoms with E-state index in [4.69, 9.17) is 0 Å². The SMILES string of the molecule is Cc1cccc(-c2ccc3c4ccccc4n(-c4cccc5c4C(=O)N(c4ccc(-c6ccccc6)cc4)C5=O)c3c2)c1.Cc1cccc(-c2cccc3c4cccc(-c5cccc(C)c5)c4n(-c4cccc5c4C(=O)N(c4ccc(-c6ccccc6)cc4)C5=O)c23)c1.Cc1cccc(-c2cccc3c4ccccc4n(-c4cccc5c4C(=O)N(c4ccc(-c6ccccc6)cc4)C5=O)c23)c1. The van der Waals surface area contributed by atoms with Crippen LogP contribution in [0, 0.1) is 27.7 Å². The van der Waals surface area contributed by atoms with E-state index in [2.05, 4.69) is 236 Å². The molecule has 0 N–H and O–H groups in total. The Bertz CT molecular complexity index is 8600. The third kappa shape index (κ3) is 14.0. The van der Waals surface area contributed by atoms with Gasteiger partial charge in [-0.25, -0.2) is 14.7 Å². The van der Waals surface area contributed by atoms with Gasteiger partial charge in [0.2, 0.25) is 0 Å². The van der Waals surface area contributed by atoms with Gasteiger partial charge in [-0.15, -0.1) is 0 Å². The minimum Gasteiger partial charge on any atom is -0.308 e. The maximum Gasteiger partial charge on any atom is 0.268 e. The van der Waals surface area contributed by atoms with Gasteiger partial charge in [-0.05, 0) is 180 Å². The predicted molar refractivity (Wildman–Crippen MR) is 552 cm³/mol. The molecule has 646 valence electrons. The number of carbonyl (C=O) groups excluding carboxylic acids is 6. The summed E-state index contributed by atoms with van der Waals surface area (Å²) in [7, 11) is 0. The second-order valence-electron chi connectivity index (χ2n) is 35.0. The van der Waals surface area contributed by atoms with Crippen LogP contribution in [0.1, 0.15) is 84.4 Å². The number of benzene rings is 19. The van der Waals surface area contributed by atoms with Crippen LogP contribution in [0.3, 0.4) is 0 Å². The van der Waals surface area contributed by atoms with Gasteiger partial charge in [0.25, 0.3) is 35.4 Å². The van der Waals surface area contributed by atoms with Crippen LogP contribution in [0.2, 0.25) is 0 Å². The van der Waals surface area contributed by atoms with Crippen LogP contribution in [0.5, 0.6) is 0 Å². The second kappa shape index (κ2) is 33.7. The van der Waals surface area contributed by atoms with Crippen molar-refractivity contribution >= 4 is 118 Å². The number of amides is 6. The monoisotopic (exact) mass is 1750 g/mol. The Hall–Kier alpha value is -18.0. The van der Waals surface area contributed by atoms with E-state index >= 15 is 0 Å². The number of fused-ring (bicyclic) bond motifs is 12. The summed E-state index contributed by atoms with van der Waals surface area (Å²) in [5.41, 5.74) is 31.8. The fourth-order valence-electron chi connectivity index (χ4n) is 20.4. The first-order valence-electron chi connectivity index (χ1n) is 45.6. The van der Waals surface area contributed by atoms with Gasteiger partial charge in [-0.3, -0.25) is 28.8 Å². The zero-order valence-corrected chi connectivity index (χ0v) is 74.7. The number of hydrogen-bond donors (Lipinski definition) is 0. The van der Waals surface area contributed by atoms with Crippen LogP contribution in [0.25, 0.3) is 160 Å². The molecule has 12 heteroatoms. The van der Waals surface area contributed by atoms with Gasteiger partial charge in [0.05, 0.1) is 101 Å². The van der Waals surface area contributed by atoms with E-state index in [1.807, 2.05) is 224 Å². The van der Waals surface area contributed by atoms with E-state index in [0.29, 0.717) is 67.5 Å². The van der Waals surface area contributed by atoms with Crippen LogP contribution in [-0.4, -0.2) is 49.1 Å². The highest BCUT2D eigenvalue weighted by molar-refractivity contribution is 6.38. The molecule has 3 aliphatic heterocycles. The van der Waals surface area contributed by atoms with Crippen molar-refractivity contribution in [3.8, 4) is 95.0 Å². The summed E-state index contributed by atoms with van der Waals surface area (Å²) >= 11 is 0. The van der Waals surface area contributed by atoms with Crippen molar-refractivity contribution in [1.82, 2.24) is 13.7 Å². The van der Waals surface area contributed by atoms with E-state index in [1.54, 1.807) is 18.2 Å². The summed E-state index contributed by atoms with van der Waals surface area (Å²) in [6, 6.07) is 146. The van der Waals surface area contributed by atoms with E-state index in [0.717, 1.165) is 154 Å². The largest absolute Gasteiger partial charge is 0.308 e. The predicted octanol–water partition coefficient (Wildman–Crippen LogP) is 29.7. The van der Waals surface area contributed by atoms with Crippen molar-refractivity contribution in [2.75, 3.05) is 14.7 Å². The molecule has 0 radical (unpaired) electrons. The molecule has 6 heterocycles. The minimum absolute atomic E-state index is 0.310. The van der Waals surface area contributed by atoms with Gasteiger partial charge in [0.15, 0.2) is 0 Å². The molecular weight excluding hydrogens is 1670 g/mol. The quantitative estimate of drug-likeness (QED) is 0.106. The molecule has 6 amide bonds. The molecule has 0 saturated heterocycles. The molecular formula is C124H84N6O6. The van der Waals surface area contributed by atoms with Gasteiger partial charge in [-0.1, -0.05) is 368 Å². The molecule has 3 aliphatic rings. The van der Waals surface area contributed by atoms with Gasteiger partial charge < -0.3 is 13.7 Å². The molecule has 0 bridgehead atoms. The van der Waals surface area contributed by atoms with Crippen molar-refractivity contribution in [2.45, 2.75) is 27.7 Å². The normalized spacial score (nSPS) is 12.8. The number of rotatable bonds is 13. The lowest BCUT2D eigenvalue weighted by Gasteiger charge is -2.17. The lowest BCUT2D eigenvalue weighted by molar-refractivity contribution is 0.0910. The van der Waals surface area contributed by atoms with E-state index < -0.39 is 0 Å². The number of carbonyl (C=O) groups is 6. The zero-order valence-electron chi connectivity index (χ0n) is 74.7. The van der Waals surface area contributed by atoms with Crippen molar-refractivity contribution in [1.29, 1.82) is 0 Å². The Kier molecular flexibility index (Phi) is 20.4. The molecule has 25 rings (SSSR count). The molecule has 0 fully saturated rings. The molecule has 136 heavy (non-hydrogen) atoms. The standard InChI is InChI=1S/C46H32N2O2.2C39H26N2O2/c1-29-11-6-15-33(27-29)36-17-8-19-38-39-20-9-18-37(34-16-7-12-30(2)28-34)44(39)48(43(36)38)41-22-10-21-40-42(41)46(50)47(45(40)49)35-25-23-32(24-26-35)31-13-4-3-5-14-31;1-25-10-7-13-28(24-25)30-15-8-16-32-31-14-5-6-18-34(31)41(37(30)32)35-19-9-17-33-36(35)39(43)40(38(33)42)29-22-20-27(21-23-29)26-11-3-2-4-12-26;1-25-9-7-12-28(23-25)29-19-22-32-31-13-5-6-15-34(31)41(36(32)24-29)35-16-8-14-33-37(35)39(43)40(38(33)42)30-20-17-27(18-21-30)26-10-3-2-4-11-26/h3-28H,1-2H3;2*2-24H,1H3. The number of hydrogen-bond acceptors (Lipinski definition) is 6. The minimum atomic E-state index is -0.330. The van der Waals surface area contributed by atoms with Crippen molar-refractivity contribution in [2.24, 2.45) is 0 Å². The van der Waals surface area contributed by atoms with Crippen LogP contribution in [-0.2, 0) is 0 Å². The molecule has 3 aromatic heterocycles. The molecule has 0 saturated carbocycles. The number of nitrogens with zero attached hydrogens (tertiary/aromatic N) is 6. The number of aromatic nitrogens is 3. The number of imide groups is 3. The molecule has 12 nitrogen and oxygen atoms in total. The molecule has 0 atom stereocenters. The molecule has 22 aromatic rings. The van der Waals surface area contributed by atoms with Gasteiger partial charge in [0.1, 0.15) is 0 Å². The smallest absolute Gasteiger partial charge is 0.268 e. The highest BCUT2D eigenvalue weighted by atomic mass is 16.2. The second-order valence-corrected chi connectivity index (χ2v) is 35.0. The fraction of sp³-hybridized carbons (Fsp3) is 0.0323. The maximum absolute atomic E-state index is 14.6. The van der Waals surface area contributed by atoms with Gasteiger partial charge >= 0.3 is 0 Å². The summed E-state index contributed by atoms with van der Waals surface area (Å²) in [4.78, 5) is 88.7. The van der Waals surface area contributed by atoms with E-state index in [1.165, 1.54) is 25.8 Å². The highest BCUT2D eigenvalue weighted by Gasteiger charge is 2.43. The summed E-state index contributed by atoms with van der Waals surface area (Å²) < 4.78 is 6.52. The molecule has 19 aromatic carbocycles. The Morgan fingerprint density at radius 3 is 0.794 bits per heavy atom. The summed E-state index contributed by atoms with van der Waals surface area (Å²) in [6.07, 6.45) is 0. The third-order valence-corrected chi connectivity index (χ3v) is 26.6. The molecule has 0 aliphatic carbocycles. The number of aryl methyl sites for hydroxylation is 4. The van der Waals surface area contributed by atoms with Crippen molar-refractivity contribution in [3.05, 3.63) is 492 Å². The first-order chi connectivity index (χ1) is 66.7. The Morgan fingerprint density at radius 1 is 0.162 bits per heavy atom. The lowest BCUT2D eigenvalue weighted by Crippen LogP contribution is -2.29. The Balaban J connectivity index is 0.000000115. The van der Waals surface area contributed by atoms with Crippen molar-refractivity contribution in [3.63, 3.8) is 0 Å². The summed E-state index contributed by atoms with van der Waals surface area (Å²) in [5, 5.41) is 6.53. The van der Waals surface area contributed by atoms with Crippen LogP contribution in [0.15, 0.2) is 437 Å². The average molecular weight is 1750 g/mol. The first-order valence-corrected chi connectivity index (χ1v) is 45.6. The van der Waals surface area contributed by atoms with Crippen LogP contribution >= 0.6 is 0 Å². The molecule has 0 unspecified atom stereocenters. The summed E-state index contributed by atoms with van der Waals surface area (Å²) in [5.74, 6) is -1.91. The lowest BCUT2D eigenvalue weighted by atomic mass is 9.99. The van der Waals surface area contributed by atoms with E-state index in [-0.39, 0.29) is 35.4 Å². The molecule has 0 spiro atoms. The zero-order chi connectivity index (χ0) is 92.1. The van der Waals surface area contributed by atoms with E-state index in [9.17, 15) is 28.8 Å². The first kappa shape index (κ1) is 82.4. The van der Waals surface area contributed by atoms with Crippen LogP contribution in [0.4, 0.5) is 17.1 Å². The topological polar surface area (TPSA) is 127 Å². The highest BCUT2D eigenvalue weighted by Crippen LogP contribution is 2.48. The van der Waals surface area contributed by atoms with Gasteiger partial charge in [0, 0.05) is 49.0 Å². The Morgan fingerprint density at radius 2 is 0.412 bits per heavy atom. The number of para-hydroxylation sites is 5. The van der Waals surface area contributed by atoms with Gasteiger partial charge in [-0.2, -0.15) is 0 Å². The maximum atomic E-state index is 14.6. The van der Waals surface area contributed by atoms with Crippen LogP contribution < -0.4 is 14.7 Å². The van der Waals surface area contributed by atoms with Crippen molar-refractivity contribution < 1.29 is 28.8 Å². The fourth-order valence-corrected chi connectivity index (χ4v) is 20.4. The Labute approximate surface area is 785 Å². The summed E-state index contributed by atoms with van der Waals surface area (Å²) in [6.45, 7) is 8.39. The third-order valence-electron chi connectivity index (χ3n) is 26.6. The average Bonchev–Trinajstić information content (AvgIpc) is 1.55.